The Morgan fingerprint density at radius 2 is 2.20 bits per heavy atom. The van der Waals surface area contributed by atoms with Gasteiger partial charge >= 0.3 is 0 Å². The molecule has 1 aliphatic carbocycles. The molecule has 3 rings (SSSR count). The zero-order chi connectivity index (χ0) is 10.3. The maximum Gasteiger partial charge on any atom is 0.257 e. The number of fused-ring (bicyclic) bond motifs is 1. The number of carbonyl (C=O) groups excluding carboxylic acids is 1. The summed E-state index contributed by atoms with van der Waals surface area (Å²) in [7, 11) is 0. The highest BCUT2D eigenvalue weighted by atomic mass is 16.2. The molecule has 15 heavy (non-hydrogen) atoms. The Kier molecular flexibility index (Phi) is 2.01. The molecule has 0 bridgehead atoms. The molecule has 1 aromatic rings. The highest BCUT2D eigenvalue weighted by molar-refractivity contribution is 5.96. The number of H-pyrrole nitrogens is 1. The van der Waals surface area contributed by atoms with Crippen molar-refractivity contribution in [3.8, 4) is 0 Å². The van der Waals surface area contributed by atoms with Crippen LogP contribution in [0.4, 0.5) is 0 Å². The van der Waals surface area contributed by atoms with Crippen LogP contribution in [0.25, 0.3) is 0 Å². The van der Waals surface area contributed by atoms with Gasteiger partial charge in [0.15, 0.2) is 0 Å². The van der Waals surface area contributed by atoms with Crippen molar-refractivity contribution >= 4 is 5.91 Å². The topological polar surface area (TPSA) is 49.0 Å². The van der Waals surface area contributed by atoms with Gasteiger partial charge < -0.3 is 4.90 Å². The number of aromatic amines is 1. The highest BCUT2D eigenvalue weighted by Crippen LogP contribution is 2.27. The van der Waals surface area contributed by atoms with Crippen LogP contribution in [0.5, 0.6) is 0 Å². The first-order valence-electron chi connectivity index (χ1n) is 5.69. The smallest absolute Gasteiger partial charge is 0.257 e. The first-order valence-corrected chi connectivity index (χ1v) is 5.69. The summed E-state index contributed by atoms with van der Waals surface area (Å²) in [6.45, 7) is 0.860. The highest BCUT2D eigenvalue weighted by Gasteiger charge is 2.32. The molecule has 2 heterocycles. The molecular formula is C11H15N3O. The van der Waals surface area contributed by atoms with Crippen LogP contribution in [0.1, 0.15) is 41.7 Å². The minimum atomic E-state index is 0.178. The van der Waals surface area contributed by atoms with Gasteiger partial charge in [0.1, 0.15) is 0 Å². The van der Waals surface area contributed by atoms with Crippen LogP contribution in [0, 0.1) is 0 Å². The largest absolute Gasteiger partial charge is 0.335 e. The fraction of sp³-hybridized carbons (Fsp3) is 0.636. The number of amides is 1. The maximum atomic E-state index is 12.1. The van der Waals surface area contributed by atoms with E-state index in [0.29, 0.717) is 6.04 Å². The summed E-state index contributed by atoms with van der Waals surface area (Å²) in [4.78, 5) is 14.2. The summed E-state index contributed by atoms with van der Waals surface area (Å²) < 4.78 is 0. The number of rotatable bonds is 1. The normalized spacial score (nSPS) is 22.1. The summed E-state index contributed by atoms with van der Waals surface area (Å²) in [6, 6.07) is 0.487. The van der Waals surface area contributed by atoms with E-state index < -0.39 is 0 Å². The van der Waals surface area contributed by atoms with Gasteiger partial charge in [-0.05, 0) is 12.8 Å². The minimum Gasteiger partial charge on any atom is -0.335 e. The molecule has 0 saturated heterocycles. The average molecular weight is 205 g/mol. The maximum absolute atomic E-state index is 12.1. The van der Waals surface area contributed by atoms with Gasteiger partial charge in [0.2, 0.25) is 0 Å². The van der Waals surface area contributed by atoms with E-state index in [1.807, 2.05) is 4.90 Å². The van der Waals surface area contributed by atoms with Crippen molar-refractivity contribution < 1.29 is 4.79 Å². The molecule has 4 nitrogen and oxygen atoms in total. The van der Waals surface area contributed by atoms with Crippen LogP contribution in [-0.2, 0) is 6.42 Å². The van der Waals surface area contributed by atoms with Gasteiger partial charge in [-0.1, -0.05) is 12.8 Å². The number of hydrogen-bond acceptors (Lipinski definition) is 2. The second kappa shape index (κ2) is 3.36. The number of aromatic nitrogens is 2. The predicted molar refractivity (Wildman–Crippen MR) is 55.6 cm³/mol. The van der Waals surface area contributed by atoms with E-state index in [4.69, 9.17) is 0 Å². The van der Waals surface area contributed by atoms with Crippen molar-refractivity contribution in [2.24, 2.45) is 0 Å². The Morgan fingerprint density at radius 3 is 3.00 bits per heavy atom. The Balaban J connectivity index is 1.86. The molecule has 2 aliphatic rings. The van der Waals surface area contributed by atoms with Crippen LogP contribution in [0.15, 0.2) is 6.20 Å². The molecule has 0 aromatic carbocycles. The van der Waals surface area contributed by atoms with Gasteiger partial charge in [-0.2, -0.15) is 5.10 Å². The van der Waals surface area contributed by atoms with Crippen molar-refractivity contribution in [1.29, 1.82) is 0 Å². The van der Waals surface area contributed by atoms with Crippen molar-refractivity contribution in [2.45, 2.75) is 38.1 Å². The molecule has 1 aliphatic heterocycles. The first kappa shape index (κ1) is 8.95. The Morgan fingerprint density at radius 1 is 1.40 bits per heavy atom. The van der Waals surface area contributed by atoms with E-state index in [0.717, 1.165) is 24.2 Å². The van der Waals surface area contributed by atoms with Crippen LogP contribution < -0.4 is 0 Å². The number of carbonyl (C=O) groups is 1. The average Bonchev–Trinajstić information content (AvgIpc) is 2.87. The summed E-state index contributed by atoms with van der Waals surface area (Å²) in [5.74, 6) is 0.178. The molecule has 80 valence electrons. The van der Waals surface area contributed by atoms with E-state index >= 15 is 0 Å². The lowest BCUT2D eigenvalue weighted by atomic mass is 10.0. The van der Waals surface area contributed by atoms with Crippen LogP contribution in [-0.4, -0.2) is 33.6 Å². The zero-order valence-electron chi connectivity index (χ0n) is 8.70. The minimum absolute atomic E-state index is 0.178. The standard InChI is InChI=1S/C11H15N3O/c15-11-9-7-12-13-10(9)5-6-14(11)8-3-1-2-4-8/h7-8H,1-6H2,(H,12,13). The Bertz CT molecular complexity index is 379. The Labute approximate surface area is 88.7 Å². The van der Waals surface area contributed by atoms with E-state index in [1.165, 1.54) is 25.7 Å². The molecule has 0 unspecified atom stereocenters. The summed E-state index contributed by atoms with van der Waals surface area (Å²) in [5, 5.41) is 6.84. The number of nitrogens with zero attached hydrogens (tertiary/aromatic N) is 2. The second-order valence-electron chi connectivity index (χ2n) is 4.45. The number of nitrogens with one attached hydrogen (secondary N) is 1. The summed E-state index contributed by atoms with van der Waals surface area (Å²) >= 11 is 0. The third-order valence-corrected chi connectivity index (χ3v) is 3.58. The third kappa shape index (κ3) is 1.35. The van der Waals surface area contributed by atoms with E-state index in [-0.39, 0.29) is 5.91 Å². The van der Waals surface area contributed by atoms with Gasteiger partial charge in [-0.25, -0.2) is 0 Å². The second-order valence-corrected chi connectivity index (χ2v) is 4.45. The van der Waals surface area contributed by atoms with Gasteiger partial charge in [0.05, 0.1) is 11.8 Å². The summed E-state index contributed by atoms with van der Waals surface area (Å²) in [5.41, 5.74) is 1.79. The Hall–Kier alpha value is -1.32. The molecule has 1 amide bonds. The fourth-order valence-corrected chi connectivity index (χ4v) is 2.74. The van der Waals surface area contributed by atoms with Gasteiger partial charge in [0.25, 0.3) is 5.91 Å². The number of hydrogen-bond donors (Lipinski definition) is 1. The van der Waals surface area contributed by atoms with Crippen molar-refractivity contribution in [2.75, 3.05) is 6.54 Å². The van der Waals surface area contributed by atoms with Crippen LogP contribution in [0.3, 0.4) is 0 Å². The van der Waals surface area contributed by atoms with E-state index in [9.17, 15) is 4.79 Å². The van der Waals surface area contributed by atoms with Crippen LogP contribution in [0.2, 0.25) is 0 Å². The van der Waals surface area contributed by atoms with Crippen molar-refractivity contribution in [3.05, 3.63) is 17.5 Å². The third-order valence-electron chi connectivity index (χ3n) is 3.58. The van der Waals surface area contributed by atoms with Crippen molar-refractivity contribution in [1.82, 2.24) is 15.1 Å². The van der Waals surface area contributed by atoms with Gasteiger partial charge in [-0.15, -0.1) is 0 Å². The SMILES string of the molecule is O=C1c2cn[nH]c2CCN1C1CCCC1. The summed E-state index contributed by atoms with van der Waals surface area (Å²) in [6.07, 6.45) is 7.49. The first-order chi connectivity index (χ1) is 7.36. The molecule has 0 radical (unpaired) electrons. The molecule has 1 fully saturated rings. The van der Waals surface area contributed by atoms with E-state index in [2.05, 4.69) is 10.2 Å². The molecule has 0 atom stereocenters. The van der Waals surface area contributed by atoms with Gasteiger partial charge in [0, 0.05) is 24.7 Å². The molecule has 1 aromatic heterocycles. The molecular weight excluding hydrogens is 190 g/mol. The lowest BCUT2D eigenvalue weighted by molar-refractivity contribution is 0.0663. The lowest BCUT2D eigenvalue weighted by Gasteiger charge is -2.31. The fourth-order valence-electron chi connectivity index (χ4n) is 2.74. The molecule has 4 heteroatoms. The molecule has 1 saturated carbocycles. The lowest BCUT2D eigenvalue weighted by Crippen LogP contribution is -2.43. The molecule has 0 spiro atoms. The quantitative estimate of drug-likeness (QED) is 0.752. The van der Waals surface area contributed by atoms with Crippen molar-refractivity contribution in [3.63, 3.8) is 0 Å². The van der Waals surface area contributed by atoms with Gasteiger partial charge in [-0.3, -0.25) is 9.89 Å². The van der Waals surface area contributed by atoms with Crippen LogP contribution >= 0.6 is 0 Å². The molecule has 1 N–H and O–H groups in total. The predicted octanol–water partition coefficient (Wildman–Crippen LogP) is 1.35. The van der Waals surface area contributed by atoms with E-state index in [1.54, 1.807) is 6.20 Å². The zero-order valence-corrected chi connectivity index (χ0v) is 8.70. The monoisotopic (exact) mass is 205 g/mol.